The monoisotopic (exact) mass is 219 g/mol. The van der Waals surface area contributed by atoms with Crippen molar-refractivity contribution in [2.75, 3.05) is 0 Å². The van der Waals surface area contributed by atoms with Crippen LogP contribution in [0.4, 0.5) is 0 Å². The number of nitrogens with two attached hydrogens (primary N) is 1. The molecule has 16 heavy (non-hydrogen) atoms. The lowest BCUT2D eigenvalue weighted by Crippen LogP contribution is -2.42. The average molecular weight is 219 g/mol. The van der Waals surface area contributed by atoms with E-state index in [-0.39, 0.29) is 5.78 Å². The number of carbonyl (C=O) groups excluding carboxylic acids is 1. The largest absolute Gasteiger partial charge is 0.315 e. The third-order valence-electron chi connectivity index (χ3n) is 3.18. The molecular formula is C14H21NO. The Bertz CT molecular complexity index is 343. The molecule has 2 nitrogen and oxygen atoms in total. The van der Waals surface area contributed by atoms with Crippen LogP contribution >= 0.6 is 0 Å². The Morgan fingerprint density at radius 1 is 1.38 bits per heavy atom. The van der Waals surface area contributed by atoms with Gasteiger partial charge in [-0.15, -0.1) is 0 Å². The average Bonchev–Trinajstić information content (AvgIpc) is 2.29. The maximum Gasteiger partial charge on any atom is 0.157 e. The van der Waals surface area contributed by atoms with Crippen LogP contribution in [0.2, 0.25) is 0 Å². The van der Waals surface area contributed by atoms with Crippen LogP contribution in [0.5, 0.6) is 0 Å². The van der Waals surface area contributed by atoms with E-state index >= 15 is 0 Å². The predicted molar refractivity (Wildman–Crippen MR) is 67.1 cm³/mol. The lowest BCUT2D eigenvalue weighted by molar-refractivity contribution is -0.124. The molecule has 0 heterocycles. The van der Waals surface area contributed by atoms with Gasteiger partial charge >= 0.3 is 0 Å². The van der Waals surface area contributed by atoms with Gasteiger partial charge in [0, 0.05) is 6.42 Å². The Labute approximate surface area is 97.9 Å². The normalized spacial score (nSPS) is 16.5. The number of Topliss-reactive ketones (excluding diaryl/α,β-unsaturated/α-hetero) is 1. The van der Waals surface area contributed by atoms with Gasteiger partial charge in [-0.1, -0.05) is 50.6 Å². The van der Waals surface area contributed by atoms with Gasteiger partial charge < -0.3 is 5.73 Å². The van der Waals surface area contributed by atoms with E-state index in [4.69, 9.17) is 5.73 Å². The van der Waals surface area contributed by atoms with Gasteiger partial charge in [-0.05, 0) is 18.4 Å². The molecule has 2 N–H and O–H groups in total. The lowest BCUT2D eigenvalue weighted by Gasteiger charge is -2.25. The fourth-order valence-corrected chi connectivity index (χ4v) is 1.62. The Morgan fingerprint density at radius 2 is 1.94 bits per heavy atom. The van der Waals surface area contributed by atoms with Gasteiger partial charge in [-0.25, -0.2) is 0 Å². The first-order valence-corrected chi connectivity index (χ1v) is 5.86. The van der Waals surface area contributed by atoms with Crippen LogP contribution in [0, 0.1) is 5.92 Å². The van der Waals surface area contributed by atoms with Gasteiger partial charge in [-0.2, -0.15) is 0 Å². The van der Waals surface area contributed by atoms with Crippen molar-refractivity contribution < 1.29 is 4.79 Å². The zero-order valence-corrected chi connectivity index (χ0v) is 10.4. The summed E-state index contributed by atoms with van der Waals surface area (Å²) >= 11 is 0. The molecule has 88 valence electrons. The maximum atomic E-state index is 12.1. The molecule has 0 aliphatic rings. The molecule has 0 spiro atoms. The molecule has 1 rings (SSSR count). The topological polar surface area (TPSA) is 43.1 Å². The molecule has 1 aromatic rings. The minimum atomic E-state index is -0.856. The summed E-state index contributed by atoms with van der Waals surface area (Å²) in [5, 5.41) is 0. The summed E-state index contributed by atoms with van der Waals surface area (Å²) in [5.41, 5.74) is 6.17. The molecule has 0 bridgehead atoms. The molecule has 1 aromatic carbocycles. The second-order valence-corrected chi connectivity index (χ2v) is 4.71. The van der Waals surface area contributed by atoms with Gasteiger partial charge in [0.25, 0.3) is 0 Å². The summed E-state index contributed by atoms with van der Waals surface area (Å²) in [6, 6.07) is 9.58. The SMILES string of the molecule is CCC(C)CC(=O)C(C)(N)c1ccccc1. The first kappa shape index (κ1) is 12.9. The quantitative estimate of drug-likeness (QED) is 0.827. The first-order valence-electron chi connectivity index (χ1n) is 5.86. The van der Waals surface area contributed by atoms with Gasteiger partial charge in [0.05, 0.1) is 5.54 Å². The predicted octanol–water partition coefficient (Wildman–Crippen LogP) is 2.87. The number of hydrogen-bond acceptors (Lipinski definition) is 2. The molecule has 2 atom stereocenters. The van der Waals surface area contributed by atoms with E-state index in [0.717, 1.165) is 12.0 Å². The summed E-state index contributed by atoms with van der Waals surface area (Å²) in [4.78, 5) is 12.1. The van der Waals surface area contributed by atoms with E-state index in [2.05, 4.69) is 13.8 Å². The van der Waals surface area contributed by atoms with E-state index in [0.29, 0.717) is 12.3 Å². The van der Waals surface area contributed by atoms with Crippen molar-refractivity contribution in [3.8, 4) is 0 Å². The second-order valence-electron chi connectivity index (χ2n) is 4.71. The number of hydrogen-bond donors (Lipinski definition) is 1. The van der Waals surface area contributed by atoms with Crippen LogP contribution < -0.4 is 5.73 Å². The molecule has 0 aliphatic heterocycles. The van der Waals surface area contributed by atoms with Crippen molar-refractivity contribution in [2.24, 2.45) is 11.7 Å². The van der Waals surface area contributed by atoms with Crippen LogP contribution in [0.3, 0.4) is 0 Å². The standard InChI is InChI=1S/C14H21NO/c1-4-11(2)10-13(16)14(3,15)12-8-6-5-7-9-12/h5-9,11H,4,10,15H2,1-3H3. The van der Waals surface area contributed by atoms with Gasteiger partial charge in [-0.3, -0.25) is 4.79 Å². The van der Waals surface area contributed by atoms with Crippen molar-refractivity contribution >= 4 is 5.78 Å². The molecule has 2 unspecified atom stereocenters. The molecule has 0 amide bonds. The van der Waals surface area contributed by atoms with Gasteiger partial charge in [0.2, 0.25) is 0 Å². The van der Waals surface area contributed by atoms with Gasteiger partial charge in [0.15, 0.2) is 5.78 Å². The van der Waals surface area contributed by atoms with Crippen molar-refractivity contribution in [3.05, 3.63) is 35.9 Å². The number of benzene rings is 1. The smallest absolute Gasteiger partial charge is 0.157 e. The minimum Gasteiger partial charge on any atom is -0.315 e. The van der Waals surface area contributed by atoms with Crippen LogP contribution in [0.25, 0.3) is 0 Å². The zero-order chi connectivity index (χ0) is 12.2. The summed E-state index contributed by atoms with van der Waals surface area (Å²) in [7, 11) is 0. The molecular weight excluding hydrogens is 198 g/mol. The molecule has 0 saturated heterocycles. The van der Waals surface area contributed by atoms with Gasteiger partial charge in [0.1, 0.15) is 0 Å². The first-order chi connectivity index (χ1) is 7.48. The van der Waals surface area contributed by atoms with Crippen molar-refractivity contribution in [1.29, 1.82) is 0 Å². The number of carbonyl (C=O) groups is 1. The summed E-state index contributed by atoms with van der Waals surface area (Å²) < 4.78 is 0. The Kier molecular flexibility index (Phi) is 4.25. The van der Waals surface area contributed by atoms with Crippen molar-refractivity contribution in [3.63, 3.8) is 0 Å². The number of ketones is 1. The number of rotatable bonds is 5. The third-order valence-corrected chi connectivity index (χ3v) is 3.18. The van der Waals surface area contributed by atoms with Crippen LogP contribution in [0.1, 0.15) is 39.2 Å². The highest BCUT2D eigenvalue weighted by Gasteiger charge is 2.30. The Morgan fingerprint density at radius 3 is 2.44 bits per heavy atom. The Balaban J connectivity index is 2.82. The van der Waals surface area contributed by atoms with Crippen molar-refractivity contribution in [2.45, 2.75) is 39.2 Å². The summed E-state index contributed by atoms with van der Waals surface area (Å²) in [5.74, 6) is 0.520. The van der Waals surface area contributed by atoms with E-state index in [1.807, 2.05) is 30.3 Å². The fourth-order valence-electron chi connectivity index (χ4n) is 1.62. The molecule has 0 fully saturated rings. The Hall–Kier alpha value is -1.15. The van der Waals surface area contributed by atoms with Crippen LogP contribution in [0.15, 0.2) is 30.3 Å². The molecule has 2 heteroatoms. The van der Waals surface area contributed by atoms with E-state index in [1.54, 1.807) is 6.92 Å². The van der Waals surface area contributed by atoms with E-state index < -0.39 is 5.54 Å². The highest BCUT2D eigenvalue weighted by Crippen LogP contribution is 2.22. The zero-order valence-electron chi connectivity index (χ0n) is 10.4. The third kappa shape index (κ3) is 2.92. The summed E-state index contributed by atoms with van der Waals surface area (Å²) in [6.07, 6.45) is 1.56. The highest BCUT2D eigenvalue weighted by molar-refractivity contribution is 5.89. The molecule has 0 radical (unpaired) electrons. The fraction of sp³-hybridized carbons (Fsp3) is 0.500. The molecule has 0 aromatic heterocycles. The van der Waals surface area contributed by atoms with Crippen LogP contribution in [-0.2, 0) is 10.3 Å². The van der Waals surface area contributed by atoms with Crippen molar-refractivity contribution in [1.82, 2.24) is 0 Å². The molecule has 0 saturated carbocycles. The maximum absolute atomic E-state index is 12.1. The van der Waals surface area contributed by atoms with E-state index in [9.17, 15) is 4.79 Å². The second kappa shape index (κ2) is 5.26. The summed E-state index contributed by atoms with van der Waals surface area (Å²) in [6.45, 7) is 5.97. The highest BCUT2D eigenvalue weighted by atomic mass is 16.1. The van der Waals surface area contributed by atoms with E-state index in [1.165, 1.54) is 0 Å². The lowest BCUT2D eigenvalue weighted by atomic mass is 9.84. The minimum absolute atomic E-state index is 0.119. The van der Waals surface area contributed by atoms with Crippen LogP contribution in [-0.4, -0.2) is 5.78 Å². The molecule has 0 aliphatic carbocycles.